The fourth-order valence-electron chi connectivity index (χ4n) is 2.54. The number of para-hydroxylation sites is 2. The maximum absolute atomic E-state index is 12.1. The number of hydrogen-bond donors (Lipinski definition) is 1. The summed E-state index contributed by atoms with van der Waals surface area (Å²) in [5.74, 6) is 1.04. The van der Waals surface area contributed by atoms with Crippen molar-refractivity contribution in [3.63, 3.8) is 0 Å². The Morgan fingerprint density at radius 1 is 0.828 bits per heavy atom. The van der Waals surface area contributed by atoms with Crippen LogP contribution in [0.2, 0.25) is 0 Å². The minimum atomic E-state index is -0.540. The van der Waals surface area contributed by atoms with E-state index in [2.05, 4.69) is 5.32 Å². The highest BCUT2D eigenvalue weighted by molar-refractivity contribution is 5.96. The summed E-state index contributed by atoms with van der Waals surface area (Å²) in [7, 11) is 1.55. The van der Waals surface area contributed by atoms with E-state index in [9.17, 15) is 9.59 Å². The SMILES string of the molecule is COc1ccc(C(=O)NCC(=O)OCc2ccccc2Oc2ccccc2)cc1. The van der Waals surface area contributed by atoms with E-state index in [0.717, 1.165) is 5.56 Å². The van der Waals surface area contributed by atoms with Crippen LogP contribution in [-0.2, 0) is 16.1 Å². The molecule has 0 saturated carbocycles. The number of hydrogen-bond acceptors (Lipinski definition) is 5. The summed E-state index contributed by atoms with van der Waals surface area (Å²) in [6.07, 6.45) is 0. The third kappa shape index (κ3) is 5.84. The Morgan fingerprint density at radius 2 is 1.52 bits per heavy atom. The summed E-state index contributed by atoms with van der Waals surface area (Å²) < 4.78 is 16.2. The second-order valence-corrected chi connectivity index (χ2v) is 6.09. The molecular formula is C23H21NO5. The first-order valence-corrected chi connectivity index (χ1v) is 9.04. The number of carbonyl (C=O) groups excluding carboxylic acids is 2. The minimum Gasteiger partial charge on any atom is -0.497 e. The van der Waals surface area contributed by atoms with Crippen LogP contribution < -0.4 is 14.8 Å². The van der Waals surface area contributed by atoms with Crippen LogP contribution in [0.5, 0.6) is 17.2 Å². The number of rotatable bonds is 8. The Balaban J connectivity index is 1.51. The number of carbonyl (C=O) groups is 2. The highest BCUT2D eigenvalue weighted by atomic mass is 16.5. The normalized spacial score (nSPS) is 10.1. The molecule has 1 N–H and O–H groups in total. The predicted octanol–water partition coefficient (Wildman–Crippen LogP) is 3.96. The van der Waals surface area contributed by atoms with Crippen molar-refractivity contribution in [1.82, 2.24) is 5.32 Å². The van der Waals surface area contributed by atoms with Crippen molar-refractivity contribution in [3.05, 3.63) is 90.0 Å². The van der Waals surface area contributed by atoms with Crippen LogP contribution in [0.15, 0.2) is 78.9 Å². The van der Waals surface area contributed by atoms with E-state index in [0.29, 0.717) is 22.8 Å². The van der Waals surface area contributed by atoms with Gasteiger partial charge in [-0.1, -0.05) is 36.4 Å². The number of ether oxygens (including phenoxy) is 3. The molecule has 0 saturated heterocycles. The number of nitrogens with one attached hydrogen (secondary N) is 1. The van der Waals surface area contributed by atoms with Gasteiger partial charge in [0.1, 0.15) is 30.4 Å². The first-order valence-electron chi connectivity index (χ1n) is 9.04. The van der Waals surface area contributed by atoms with E-state index >= 15 is 0 Å². The number of methoxy groups -OCH3 is 1. The zero-order chi connectivity index (χ0) is 20.5. The second kappa shape index (κ2) is 9.94. The maximum Gasteiger partial charge on any atom is 0.325 e. The first-order chi connectivity index (χ1) is 14.2. The van der Waals surface area contributed by atoms with Gasteiger partial charge >= 0.3 is 5.97 Å². The molecule has 0 spiro atoms. The Labute approximate surface area is 169 Å². The van der Waals surface area contributed by atoms with Crippen molar-refractivity contribution in [2.24, 2.45) is 0 Å². The van der Waals surface area contributed by atoms with Crippen LogP contribution in [0.1, 0.15) is 15.9 Å². The standard InChI is InChI=1S/C23H21NO5/c1-27-19-13-11-17(12-14-19)23(26)24-15-22(25)28-16-18-7-5-6-10-21(18)29-20-8-3-2-4-9-20/h2-14H,15-16H2,1H3,(H,24,26). The zero-order valence-electron chi connectivity index (χ0n) is 16.0. The lowest BCUT2D eigenvalue weighted by atomic mass is 10.2. The molecule has 0 radical (unpaired) electrons. The molecule has 3 rings (SSSR count). The smallest absolute Gasteiger partial charge is 0.325 e. The molecule has 0 heterocycles. The number of amides is 1. The Kier molecular flexibility index (Phi) is 6.84. The zero-order valence-corrected chi connectivity index (χ0v) is 16.0. The maximum atomic E-state index is 12.1. The van der Waals surface area contributed by atoms with Crippen LogP contribution in [0.25, 0.3) is 0 Å². The lowest BCUT2D eigenvalue weighted by Crippen LogP contribution is -2.30. The van der Waals surface area contributed by atoms with Gasteiger partial charge in [0, 0.05) is 11.1 Å². The average Bonchev–Trinajstić information content (AvgIpc) is 2.77. The van der Waals surface area contributed by atoms with Crippen molar-refractivity contribution < 1.29 is 23.8 Å². The molecule has 3 aromatic rings. The van der Waals surface area contributed by atoms with Crippen molar-refractivity contribution in [2.75, 3.05) is 13.7 Å². The van der Waals surface area contributed by atoms with E-state index in [1.54, 1.807) is 31.4 Å². The topological polar surface area (TPSA) is 73.9 Å². The van der Waals surface area contributed by atoms with Crippen molar-refractivity contribution >= 4 is 11.9 Å². The molecule has 6 heteroatoms. The van der Waals surface area contributed by atoms with E-state index in [1.165, 1.54) is 0 Å². The van der Waals surface area contributed by atoms with Crippen molar-refractivity contribution in [2.45, 2.75) is 6.61 Å². The molecule has 0 aliphatic rings. The molecule has 0 unspecified atom stereocenters. The summed E-state index contributed by atoms with van der Waals surface area (Å²) in [5, 5.41) is 2.54. The lowest BCUT2D eigenvalue weighted by Gasteiger charge is -2.12. The van der Waals surface area contributed by atoms with Crippen molar-refractivity contribution in [3.8, 4) is 17.2 Å². The molecule has 0 fully saturated rings. The van der Waals surface area contributed by atoms with Gasteiger partial charge in [-0.15, -0.1) is 0 Å². The monoisotopic (exact) mass is 391 g/mol. The molecule has 148 valence electrons. The van der Waals surface area contributed by atoms with E-state index in [4.69, 9.17) is 14.2 Å². The highest BCUT2D eigenvalue weighted by Crippen LogP contribution is 2.25. The molecule has 0 aliphatic carbocycles. The van der Waals surface area contributed by atoms with Crippen LogP contribution >= 0.6 is 0 Å². The minimum absolute atomic E-state index is 0.0419. The Hall–Kier alpha value is -3.80. The highest BCUT2D eigenvalue weighted by Gasteiger charge is 2.11. The largest absolute Gasteiger partial charge is 0.497 e. The quantitative estimate of drug-likeness (QED) is 0.589. The number of benzene rings is 3. The van der Waals surface area contributed by atoms with Crippen LogP contribution in [0, 0.1) is 0 Å². The van der Waals surface area contributed by atoms with Gasteiger partial charge in [0.25, 0.3) is 5.91 Å². The molecule has 0 aromatic heterocycles. The Morgan fingerprint density at radius 3 is 2.24 bits per heavy atom. The van der Waals surface area contributed by atoms with E-state index in [-0.39, 0.29) is 19.1 Å². The molecule has 6 nitrogen and oxygen atoms in total. The fraction of sp³-hybridized carbons (Fsp3) is 0.130. The summed E-state index contributed by atoms with van der Waals surface area (Å²) in [6.45, 7) is -0.188. The molecule has 1 amide bonds. The third-order valence-electron chi connectivity index (χ3n) is 4.08. The molecule has 0 atom stereocenters. The van der Waals surface area contributed by atoms with E-state index < -0.39 is 5.97 Å². The molecular weight excluding hydrogens is 370 g/mol. The lowest BCUT2D eigenvalue weighted by molar-refractivity contribution is -0.143. The van der Waals surface area contributed by atoms with Crippen LogP contribution in [-0.4, -0.2) is 25.5 Å². The summed E-state index contributed by atoms with van der Waals surface area (Å²) in [4.78, 5) is 24.1. The van der Waals surface area contributed by atoms with Crippen LogP contribution in [0.4, 0.5) is 0 Å². The van der Waals surface area contributed by atoms with Gasteiger partial charge in [-0.25, -0.2) is 0 Å². The predicted molar refractivity (Wildman–Crippen MR) is 108 cm³/mol. The van der Waals surface area contributed by atoms with E-state index in [1.807, 2.05) is 54.6 Å². The molecule has 3 aromatic carbocycles. The van der Waals surface area contributed by atoms with Crippen molar-refractivity contribution in [1.29, 1.82) is 0 Å². The second-order valence-electron chi connectivity index (χ2n) is 6.09. The summed E-state index contributed by atoms with van der Waals surface area (Å²) in [6, 6.07) is 23.3. The van der Waals surface area contributed by atoms with Gasteiger partial charge in [-0.2, -0.15) is 0 Å². The molecule has 0 bridgehead atoms. The van der Waals surface area contributed by atoms with Gasteiger partial charge < -0.3 is 19.5 Å². The van der Waals surface area contributed by atoms with Gasteiger partial charge in [-0.05, 0) is 42.5 Å². The first kappa shape index (κ1) is 19.9. The number of esters is 1. The van der Waals surface area contributed by atoms with Gasteiger partial charge in [-0.3, -0.25) is 9.59 Å². The molecule has 0 aliphatic heterocycles. The average molecular weight is 391 g/mol. The molecule has 29 heavy (non-hydrogen) atoms. The summed E-state index contributed by atoms with van der Waals surface area (Å²) >= 11 is 0. The fourth-order valence-corrected chi connectivity index (χ4v) is 2.54. The third-order valence-corrected chi connectivity index (χ3v) is 4.08. The van der Waals surface area contributed by atoms with Gasteiger partial charge in [0.2, 0.25) is 0 Å². The summed E-state index contributed by atoms with van der Waals surface area (Å²) in [5.41, 5.74) is 1.16. The Bertz CT molecular complexity index is 955. The van der Waals surface area contributed by atoms with Gasteiger partial charge in [0.15, 0.2) is 0 Å². The van der Waals surface area contributed by atoms with Crippen LogP contribution in [0.3, 0.4) is 0 Å². The van der Waals surface area contributed by atoms with Gasteiger partial charge in [0.05, 0.1) is 7.11 Å².